The Morgan fingerprint density at radius 2 is 1.76 bits per heavy atom. The van der Waals surface area contributed by atoms with Gasteiger partial charge in [-0.05, 0) is 17.2 Å². The summed E-state index contributed by atoms with van der Waals surface area (Å²) in [4.78, 5) is 39.5. The van der Waals surface area contributed by atoms with Crippen LogP contribution in [0.5, 0.6) is 0 Å². The van der Waals surface area contributed by atoms with Crippen LogP contribution in [0.25, 0.3) is 0 Å². The lowest BCUT2D eigenvalue weighted by atomic mass is 10.1. The van der Waals surface area contributed by atoms with Crippen LogP contribution in [0, 0.1) is 0 Å². The molecule has 0 saturated heterocycles. The van der Waals surface area contributed by atoms with Crippen LogP contribution in [0.1, 0.15) is 11.1 Å². The second-order valence-electron chi connectivity index (χ2n) is 6.03. The molecule has 9 nitrogen and oxygen atoms in total. The summed E-state index contributed by atoms with van der Waals surface area (Å²) >= 11 is 5.69. The van der Waals surface area contributed by atoms with E-state index in [1.165, 1.54) is 12.3 Å². The molecule has 0 unspecified atom stereocenters. The molecule has 2 rings (SSSR count). The van der Waals surface area contributed by atoms with Crippen molar-refractivity contribution in [3.05, 3.63) is 64.9 Å². The second-order valence-corrected chi connectivity index (χ2v) is 6.42. The van der Waals surface area contributed by atoms with E-state index in [0.29, 0.717) is 5.56 Å². The number of amides is 2. The predicted octanol–water partition coefficient (Wildman–Crippen LogP) is 1.13. The number of alkyl carbamates (subject to hydrolysis) is 1. The van der Waals surface area contributed by atoms with Crippen LogP contribution in [0.4, 0.5) is 4.79 Å². The second kappa shape index (κ2) is 11.0. The molecule has 154 valence electrons. The number of rotatable bonds is 9. The van der Waals surface area contributed by atoms with Crippen molar-refractivity contribution in [2.45, 2.75) is 25.1 Å². The summed E-state index contributed by atoms with van der Waals surface area (Å²) in [6.07, 6.45) is 0.423. The minimum atomic E-state index is -1.37. The number of ether oxygens (including phenoxy) is 1. The van der Waals surface area contributed by atoms with Crippen molar-refractivity contribution in [2.75, 3.05) is 6.61 Å². The molecule has 0 spiro atoms. The monoisotopic (exact) mass is 421 g/mol. The van der Waals surface area contributed by atoms with Gasteiger partial charge in [-0.2, -0.15) is 0 Å². The van der Waals surface area contributed by atoms with Gasteiger partial charge in [0.1, 0.15) is 23.8 Å². The van der Waals surface area contributed by atoms with Crippen molar-refractivity contribution in [3.8, 4) is 0 Å². The SMILES string of the molecule is O=C(N[C@@H](CO)C(=O)N[C@H](Cc1ccc(Cl)nc1)C(=O)O)OCc1ccccc1. The Kier molecular flexibility index (Phi) is 8.38. The Hall–Kier alpha value is -3.17. The molecular weight excluding hydrogens is 402 g/mol. The van der Waals surface area contributed by atoms with Gasteiger partial charge in [0.25, 0.3) is 0 Å². The lowest BCUT2D eigenvalue weighted by molar-refractivity contribution is -0.142. The molecule has 0 radical (unpaired) electrons. The van der Waals surface area contributed by atoms with Crippen molar-refractivity contribution in [1.29, 1.82) is 0 Å². The molecule has 1 aromatic heterocycles. The molecule has 1 heterocycles. The van der Waals surface area contributed by atoms with E-state index in [0.717, 1.165) is 5.56 Å². The van der Waals surface area contributed by atoms with Crippen molar-refractivity contribution < 1.29 is 29.3 Å². The summed E-state index contributed by atoms with van der Waals surface area (Å²) in [6.45, 7) is -0.755. The number of aliphatic carboxylic acids is 1. The number of hydrogen-bond donors (Lipinski definition) is 4. The van der Waals surface area contributed by atoms with Crippen molar-refractivity contribution >= 4 is 29.6 Å². The molecule has 1 aromatic carbocycles. The number of carbonyl (C=O) groups is 3. The van der Waals surface area contributed by atoms with E-state index in [4.69, 9.17) is 16.3 Å². The highest BCUT2D eigenvalue weighted by molar-refractivity contribution is 6.29. The third kappa shape index (κ3) is 7.40. The summed E-state index contributed by atoms with van der Waals surface area (Å²) < 4.78 is 4.99. The summed E-state index contributed by atoms with van der Waals surface area (Å²) in [5, 5.41) is 23.5. The lowest BCUT2D eigenvalue weighted by Gasteiger charge is -2.20. The van der Waals surface area contributed by atoms with Gasteiger partial charge < -0.3 is 25.6 Å². The number of aliphatic hydroxyl groups excluding tert-OH is 1. The van der Waals surface area contributed by atoms with Crippen LogP contribution in [0.2, 0.25) is 5.15 Å². The van der Waals surface area contributed by atoms with Crippen molar-refractivity contribution in [1.82, 2.24) is 15.6 Å². The lowest BCUT2D eigenvalue weighted by Crippen LogP contribution is -2.53. The van der Waals surface area contributed by atoms with E-state index in [2.05, 4.69) is 15.6 Å². The maximum Gasteiger partial charge on any atom is 0.408 e. The number of hydrogen-bond acceptors (Lipinski definition) is 6. The minimum Gasteiger partial charge on any atom is -0.480 e. The molecule has 0 bridgehead atoms. The number of aromatic nitrogens is 1. The standard InChI is InChI=1S/C19H20ClN3O6/c20-16-7-6-13(9-21-16)8-14(18(26)27)22-17(25)15(10-24)23-19(28)29-11-12-4-2-1-3-5-12/h1-7,9,14-15,24H,8,10-11H2,(H,22,25)(H,23,28)(H,26,27)/t14-,15+/m1/s1. The molecule has 2 amide bonds. The number of benzene rings is 1. The highest BCUT2D eigenvalue weighted by Crippen LogP contribution is 2.08. The van der Waals surface area contributed by atoms with E-state index in [1.807, 2.05) is 6.07 Å². The normalized spacial score (nSPS) is 12.5. The maximum absolute atomic E-state index is 12.3. The number of pyridine rings is 1. The van der Waals surface area contributed by atoms with Crippen molar-refractivity contribution in [3.63, 3.8) is 0 Å². The van der Waals surface area contributed by atoms with Gasteiger partial charge in [0.15, 0.2) is 0 Å². The molecule has 4 N–H and O–H groups in total. The average Bonchev–Trinajstić information content (AvgIpc) is 2.72. The van der Waals surface area contributed by atoms with Crippen LogP contribution >= 0.6 is 11.6 Å². The van der Waals surface area contributed by atoms with Gasteiger partial charge in [0.2, 0.25) is 5.91 Å². The average molecular weight is 422 g/mol. The first-order chi connectivity index (χ1) is 13.9. The summed E-state index contributed by atoms with van der Waals surface area (Å²) in [5.74, 6) is -2.14. The molecular formula is C19H20ClN3O6. The van der Waals surface area contributed by atoms with Gasteiger partial charge in [0.05, 0.1) is 6.61 Å². The topological polar surface area (TPSA) is 138 Å². The van der Waals surface area contributed by atoms with Crippen LogP contribution in [-0.2, 0) is 27.4 Å². The zero-order valence-electron chi connectivity index (χ0n) is 15.2. The fourth-order valence-corrected chi connectivity index (χ4v) is 2.45. The number of carboxylic acids is 1. The van der Waals surface area contributed by atoms with Gasteiger partial charge in [-0.15, -0.1) is 0 Å². The highest BCUT2D eigenvalue weighted by atomic mass is 35.5. The zero-order chi connectivity index (χ0) is 21.2. The van der Waals surface area contributed by atoms with Crippen LogP contribution in [0.15, 0.2) is 48.7 Å². The molecule has 0 aliphatic rings. The van der Waals surface area contributed by atoms with E-state index in [1.54, 1.807) is 30.3 Å². The van der Waals surface area contributed by atoms with Crippen LogP contribution in [-0.4, -0.2) is 51.9 Å². The quantitative estimate of drug-likeness (QED) is 0.445. The van der Waals surface area contributed by atoms with Gasteiger partial charge in [-0.25, -0.2) is 14.6 Å². The Bertz CT molecular complexity index is 832. The number of aliphatic hydroxyl groups is 1. The summed E-state index contributed by atoms with van der Waals surface area (Å²) in [7, 11) is 0. The van der Waals surface area contributed by atoms with Gasteiger partial charge in [0, 0.05) is 12.6 Å². The van der Waals surface area contributed by atoms with Crippen LogP contribution in [0.3, 0.4) is 0 Å². The Labute approximate surface area is 171 Å². The highest BCUT2D eigenvalue weighted by Gasteiger charge is 2.26. The minimum absolute atomic E-state index is 0.0201. The third-order valence-electron chi connectivity index (χ3n) is 3.85. The predicted molar refractivity (Wildman–Crippen MR) is 103 cm³/mol. The molecule has 29 heavy (non-hydrogen) atoms. The smallest absolute Gasteiger partial charge is 0.408 e. The maximum atomic E-state index is 12.3. The van der Waals surface area contributed by atoms with E-state index in [-0.39, 0.29) is 18.2 Å². The molecule has 2 atom stereocenters. The molecule has 0 fully saturated rings. The van der Waals surface area contributed by atoms with Crippen LogP contribution < -0.4 is 10.6 Å². The summed E-state index contributed by atoms with van der Waals surface area (Å²) in [5.41, 5.74) is 1.29. The Morgan fingerprint density at radius 1 is 1.03 bits per heavy atom. The zero-order valence-corrected chi connectivity index (χ0v) is 16.0. The molecule has 10 heteroatoms. The molecule has 0 aliphatic carbocycles. The fourth-order valence-electron chi connectivity index (χ4n) is 2.34. The number of halogens is 1. The van der Waals surface area contributed by atoms with E-state index in [9.17, 15) is 24.6 Å². The molecule has 0 aliphatic heterocycles. The van der Waals surface area contributed by atoms with Crippen molar-refractivity contribution in [2.24, 2.45) is 0 Å². The Morgan fingerprint density at radius 3 is 2.34 bits per heavy atom. The van der Waals surface area contributed by atoms with Gasteiger partial charge in [-0.1, -0.05) is 48.0 Å². The molecule has 0 saturated carbocycles. The van der Waals surface area contributed by atoms with Gasteiger partial charge >= 0.3 is 12.1 Å². The molecule has 2 aromatic rings. The van der Waals surface area contributed by atoms with E-state index < -0.39 is 36.7 Å². The van der Waals surface area contributed by atoms with E-state index >= 15 is 0 Å². The first-order valence-electron chi connectivity index (χ1n) is 8.60. The summed E-state index contributed by atoms with van der Waals surface area (Å²) in [6, 6.07) is 9.31. The third-order valence-corrected chi connectivity index (χ3v) is 4.07. The number of nitrogens with zero attached hydrogens (tertiary/aromatic N) is 1. The first kappa shape index (κ1) is 22.1. The number of carbonyl (C=O) groups excluding carboxylic acids is 2. The Balaban J connectivity index is 1.91. The first-order valence-corrected chi connectivity index (χ1v) is 8.98. The van der Waals surface area contributed by atoms with Gasteiger partial charge in [-0.3, -0.25) is 4.79 Å². The largest absolute Gasteiger partial charge is 0.480 e. The number of nitrogens with one attached hydrogen (secondary N) is 2. The number of carboxylic acid groups (broad SMARTS) is 1. The fraction of sp³-hybridized carbons (Fsp3) is 0.263.